The number of carbonyl (C=O) groups is 1. The van der Waals surface area contributed by atoms with E-state index >= 15 is 0 Å². The molecule has 0 fully saturated rings. The van der Waals surface area contributed by atoms with Crippen LogP contribution in [-0.4, -0.2) is 34.4 Å². The van der Waals surface area contributed by atoms with Crippen molar-refractivity contribution in [3.8, 4) is 17.7 Å². The molecule has 1 N–H and O–H groups in total. The molecule has 0 spiro atoms. The largest absolute Gasteiger partial charge is 0.485 e. The summed E-state index contributed by atoms with van der Waals surface area (Å²) in [5.74, 6) is 0.205. The van der Waals surface area contributed by atoms with Crippen LogP contribution in [0.2, 0.25) is 0 Å². The monoisotopic (exact) mass is 368 g/mol. The Morgan fingerprint density at radius 2 is 2.15 bits per heavy atom. The van der Waals surface area contributed by atoms with Crippen LogP contribution in [0.25, 0.3) is 0 Å². The molecule has 1 aliphatic heterocycles. The fourth-order valence-electron chi connectivity index (χ4n) is 2.88. The lowest BCUT2D eigenvalue weighted by Gasteiger charge is -2.41. The number of nitrogens with zero attached hydrogens (tertiary/aromatic N) is 2. The maximum atomic E-state index is 11.9. The average molecular weight is 368 g/mol. The van der Waals surface area contributed by atoms with Crippen LogP contribution < -0.4 is 9.47 Å². The fraction of sp³-hybridized carbons (Fsp3) is 0.350. The number of aromatic nitrogens is 1. The van der Waals surface area contributed by atoms with Crippen LogP contribution in [0.5, 0.6) is 11.6 Å². The van der Waals surface area contributed by atoms with Gasteiger partial charge in [-0.1, -0.05) is 0 Å². The third-order valence-corrected chi connectivity index (χ3v) is 4.31. The molecule has 1 aromatic heterocycles. The van der Waals surface area contributed by atoms with Gasteiger partial charge in [0.1, 0.15) is 17.5 Å². The van der Waals surface area contributed by atoms with Gasteiger partial charge in [0, 0.05) is 17.8 Å². The summed E-state index contributed by atoms with van der Waals surface area (Å²) in [5.41, 5.74) is 0.355. The van der Waals surface area contributed by atoms with Gasteiger partial charge in [-0.05, 0) is 45.0 Å². The van der Waals surface area contributed by atoms with Crippen molar-refractivity contribution in [2.24, 2.45) is 0 Å². The van der Waals surface area contributed by atoms with E-state index in [0.717, 1.165) is 0 Å². The van der Waals surface area contributed by atoms with E-state index in [2.05, 4.69) is 11.1 Å². The SMILES string of the molecule is CCOC(=O)c1ccnc(O[C@@H]2c3cc(C#N)ccc3OC(C)(C)[C@H]2O)c1. The molecule has 7 heteroatoms. The van der Waals surface area contributed by atoms with Gasteiger partial charge in [-0.3, -0.25) is 0 Å². The highest BCUT2D eigenvalue weighted by molar-refractivity contribution is 5.89. The number of aliphatic hydroxyl groups excluding tert-OH is 1. The van der Waals surface area contributed by atoms with Gasteiger partial charge in [0.15, 0.2) is 6.10 Å². The number of hydrogen-bond acceptors (Lipinski definition) is 7. The van der Waals surface area contributed by atoms with Gasteiger partial charge >= 0.3 is 5.97 Å². The Balaban J connectivity index is 1.97. The van der Waals surface area contributed by atoms with Crippen LogP contribution in [0.15, 0.2) is 36.5 Å². The first kappa shape index (κ1) is 18.7. The van der Waals surface area contributed by atoms with Crippen LogP contribution in [0.1, 0.15) is 48.4 Å². The lowest BCUT2D eigenvalue weighted by molar-refractivity contribution is -0.104. The Morgan fingerprint density at radius 3 is 2.85 bits per heavy atom. The molecule has 2 heterocycles. The summed E-state index contributed by atoms with van der Waals surface area (Å²) in [5, 5.41) is 20.0. The summed E-state index contributed by atoms with van der Waals surface area (Å²) < 4.78 is 16.8. The van der Waals surface area contributed by atoms with Crippen LogP contribution in [-0.2, 0) is 4.74 Å². The smallest absolute Gasteiger partial charge is 0.338 e. The summed E-state index contributed by atoms with van der Waals surface area (Å²) in [7, 11) is 0. The first-order chi connectivity index (χ1) is 12.9. The van der Waals surface area contributed by atoms with E-state index in [9.17, 15) is 15.2 Å². The van der Waals surface area contributed by atoms with Gasteiger partial charge in [0.05, 0.1) is 23.8 Å². The van der Waals surface area contributed by atoms with Crippen molar-refractivity contribution in [1.82, 2.24) is 4.98 Å². The number of pyridine rings is 1. The van der Waals surface area contributed by atoms with Crippen molar-refractivity contribution in [2.75, 3.05) is 6.61 Å². The standard InChI is InChI=1S/C20H20N2O5/c1-4-25-19(24)13-7-8-22-16(10-13)26-17-14-9-12(11-21)5-6-15(14)27-20(2,3)18(17)23/h5-10,17-18,23H,4H2,1-3H3/t17-,18+/m1/s1. The second-order valence-corrected chi connectivity index (χ2v) is 6.66. The molecule has 0 saturated heterocycles. The minimum absolute atomic E-state index is 0.163. The van der Waals surface area contributed by atoms with Gasteiger partial charge in [-0.15, -0.1) is 0 Å². The Morgan fingerprint density at radius 1 is 1.37 bits per heavy atom. The molecule has 2 atom stereocenters. The first-order valence-corrected chi connectivity index (χ1v) is 8.56. The van der Waals surface area contributed by atoms with Crippen LogP contribution in [0.4, 0.5) is 0 Å². The van der Waals surface area contributed by atoms with Gasteiger partial charge in [0.25, 0.3) is 0 Å². The Labute approximate surface area is 157 Å². The van der Waals surface area contributed by atoms with E-state index in [1.54, 1.807) is 39.0 Å². The Hall–Kier alpha value is -3.11. The van der Waals surface area contributed by atoms with Crippen LogP contribution >= 0.6 is 0 Å². The van der Waals surface area contributed by atoms with Crippen molar-refractivity contribution in [3.05, 3.63) is 53.2 Å². The summed E-state index contributed by atoms with van der Waals surface area (Å²) in [6, 6.07) is 9.99. The number of ether oxygens (including phenoxy) is 3. The lowest BCUT2D eigenvalue weighted by atomic mass is 9.87. The average Bonchev–Trinajstić information content (AvgIpc) is 2.65. The second-order valence-electron chi connectivity index (χ2n) is 6.66. The van der Waals surface area contributed by atoms with Crippen molar-refractivity contribution < 1.29 is 24.1 Å². The zero-order valence-corrected chi connectivity index (χ0v) is 15.3. The number of fused-ring (bicyclic) bond motifs is 1. The van der Waals surface area contributed by atoms with Crippen molar-refractivity contribution in [2.45, 2.75) is 38.6 Å². The molecule has 0 saturated carbocycles. The molecule has 0 radical (unpaired) electrons. The molecule has 0 unspecified atom stereocenters. The Bertz CT molecular complexity index is 903. The quantitative estimate of drug-likeness (QED) is 0.828. The van der Waals surface area contributed by atoms with E-state index in [-0.39, 0.29) is 12.5 Å². The predicted molar refractivity (Wildman–Crippen MR) is 95.4 cm³/mol. The van der Waals surface area contributed by atoms with E-state index in [1.807, 2.05) is 0 Å². The fourth-order valence-corrected chi connectivity index (χ4v) is 2.88. The molecular formula is C20H20N2O5. The number of carbonyl (C=O) groups excluding carboxylic acids is 1. The third kappa shape index (κ3) is 3.71. The Kier molecular flexibility index (Phi) is 5.02. The molecular weight excluding hydrogens is 348 g/mol. The highest BCUT2D eigenvalue weighted by atomic mass is 16.5. The van der Waals surface area contributed by atoms with Gasteiger partial charge in [-0.25, -0.2) is 9.78 Å². The highest BCUT2D eigenvalue weighted by Gasteiger charge is 2.44. The normalized spacial score (nSPS) is 20.0. The van der Waals surface area contributed by atoms with E-state index < -0.39 is 23.8 Å². The molecule has 140 valence electrons. The molecule has 1 aromatic carbocycles. The summed E-state index contributed by atoms with van der Waals surface area (Å²) in [6.07, 6.45) is -0.403. The number of rotatable bonds is 4. The number of aliphatic hydroxyl groups is 1. The topological polar surface area (TPSA) is 102 Å². The lowest BCUT2D eigenvalue weighted by Crippen LogP contribution is -2.50. The van der Waals surface area contributed by atoms with Crippen molar-refractivity contribution in [1.29, 1.82) is 5.26 Å². The predicted octanol–water partition coefficient (Wildman–Crippen LogP) is 2.78. The van der Waals surface area contributed by atoms with Gasteiger partial charge in [0.2, 0.25) is 5.88 Å². The molecule has 3 rings (SSSR count). The zero-order valence-electron chi connectivity index (χ0n) is 15.3. The number of nitriles is 1. The number of hydrogen-bond donors (Lipinski definition) is 1. The minimum atomic E-state index is -1.02. The maximum Gasteiger partial charge on any atom is 0.338 e. The van der Waals surface area contributed by atoms with E-state index in [4.69, 9.17) is 14.2 Å². The summed E-state index contributed by atoms with van der Waals surface area (Å²) in [4.78, 5) is 16.1. The van der Waals surface area contributed by atoms with E-state index in [1.165, 1.54) is 18.3 Å². The van der Waals surface area contributed by atoms with Crippen molar-refractivity contribution >= 4 is 5.97 Å². The van der Waals surface area contributed by atoms with E-state index in [0.29, 0.717) is 22.4 Å². The maximum absolute atomic E-state index is 11.9. The molecule has 0 amide bonds. The molecule has 0 bridgehead atoms. The summed E-state index contributed by atoms with van der Waals surface area (Å²) in [6.45, 7) is 5.48. The minimum Gasteiger partial charge on any atom is -0.485 e. The van der Waals surface area contributed by atoms with Crippen LogP contribution in [0.3, 0.4) is 0 Å². The molecule has 1 aliphatic rings. The van der Waals surface area contributed by atoms with Crippen molar-refractivity contribution in [3.63, 3.8) is 0 Å². The van der Waals surface area contributed by atoms with Gasteiger partial charge < -0.3 is 19.3 Å². The zero-order chi connectivity index (χ0) is 19.6. The summed E-state index contributed by atoms with van der Waals surface area (Å²) >= 11 is 0. The van der Waals surface area contributed by atoms with Crippen LogP contribution in [0, 0.1) is 11.3 Å². The molecule has 27 heavy (non-hydrogen) atoms. The first-order valence-electron chi connectivity index (χ1n) is 8.56. The van der Waals surface area contributed by atoms with Gasteiger partial charge in [-0.2, -0.15) is 5.26 Å². The molecule has 7 nitrogen and oxygen atoms in total. The number of benzene rings is 1. The second kappa shape index (κ2) is 7.25. The number of esters is 1. The highest BCUT2D eigenvalue weighted by Crippen LogP contribution is 2.42. The molecule has 0 aliphatic carbocycles. The third-order valence-electron chi connectivity index (χ3n) is 4.31. The molecule has 2 aromatic rings.